The first-order valence-electron chi connectivity index (χ1n) is 5.87. The van der Waals surface area contributed by atoms with E-state index in [1.807, 2.05) is 11.3 Å². The van der Waals surface area contributed by atoms with Gasteiger partial charge in [0.15, 0.2) is 5.65 Å². The van der Waals surface area contributed by atoms with Crippen LogP contribution in [0.15, 0.2) is 24.0 Å². The fourth-order valence-corrected chi connectivity index (χ4v) is 3.33. The van der Waals surface area contributed by atoms with Gasteiger partial charge in [0.25, 0.3) is 0 Å². The Kier molecular flexibility index (Phi) is 2.18. The molecule has 1 atom stereocenters. The maximum Gasteiger partial charge on any atom is 0.180 e. The highest BCUT2D eigenvalue weighted by atomic mass is 32.1. The number of thiophene rings is 1. The number of rotatable bonds is 1. The fourth-order valence-electron chi connectivity index (χ4n) is 2.41. The number of aromatic amines is 1. The summed E-state index contributed by atoms with van der Waals surface area (Å²) in [6.07, 6.45) is 4.39. The minimum Gasteiger partial charge on any atom is -0.338 e. The summed E-state index contributed by atoms with van der Waals surface area (Å²) < 4.78 is 0. The van der Waals surface area contributed by atoms with Crippen LogP contribution < -0.4 is 5.32 Å². The van der Waals surface area contributed by atoms with Gasteiger partial charge in [-0.05, 0) is 23.4 Å². The minimum absolute atomic E-state index is 0.147. The summed E-state index contributed by atoms with van der Waals surface area (Å²) in [6, 6.07) is 2.32. The van der Waals surface area contributed by atoms with Crippen molar-refractivity contribution >= 4 is 22.5 Å². The lowest BCUT2D eigenvalue weighted by molar-refractivity contribution is 0.555. The predicted molar refractivity (Wildman–Crippen MR) is 69.6 cm³/mol. The van der Waals surface area contributed by atoms with Crippen molar-refractivity contribution in [1.29, 1.82) is 0 Å². The van der Waals surface area contributed by atoms with Gasteiger partial charge in [-0.25, -0.2) is 15.0 Å². The summed E-state index contributed by atoms with van der Waals surface area (Å²) in [7, 11) is 0. The van der Waals surface area contributed by atoms with E-state index in [1.165, 1.54) is 16.8 Å². The van der Waals surface area contributed by atoms with Crippen molar-refractivity contribution in [2.24, 2.45) is 0 Å². The zero-order valence-corrected chi connectivity index (χ0v) is 10.4. The van der Waals surface area contributed by atoms with Crippen LogP contribution in [0.25, 0.3) is 11.2 Å². The molecule has 3 aromatic rings. The van der Waals surface area contributed by atoms with Crippen molar-refractivity contribution < 1.29 is 0 Å². The van der Waals surface area contributed by atoms with E-state index in [4.69, 9.17) is 0 Å². The molecule has 0 bridgehead atoms. The van der Waals surface area contributed by atoms with Gasteiger partial charge in [-0.15, -0.1) is 11.3 Å². The highest BCUT2D eigenvalue weighted by Crippen LogP contribution is 2.31. The number of hydrogen-bond donors (Lipinski definition) is 2. The molecular formula is C12H11N5S. The molecule has 5 nitrogen and oxygen atoms in total. The first kappa shape index (κ1) is 10.2. The Morgan fingerprint density at radius 3 is 3.33 bits per heavy atom. The summed E-state index contributed by atoms with van der Waals surface area (Å²) in [4.78, 5) is 17.5. The van der Waals surface area contributed by atoms with Crippen LogP contribution in [0.3, 0.4) is 0 Å². The van der Waals surface area contributed by atoms with Gasteiger partial charge in [0.2, 0.25) is 0 Å². The van der Waals surface area contributed by atoms with E-state index in [0.29, 0.717) is 0 Å². The lowest BCUT2D eigenvalue weighted by Crippen LogP contribution is -2.30. The van der Waals surface area contributed by atoms with Crippen LogP contribution in [-0.2, 0) is 6.42 Å². The molecule has 0 spiro atoms. The predicted octanol–water partition coefficient (Wildman–Crippen LogP) is 1.65. The first-order valence-corrected chi connectivity index (χ1v) is 6.75. The van der Waals surface area contributed by atoms with Gasteiger partial charge in [-0.2, -0.15) is 0 Å². The van der Waals surface area contributed by atoms with Gasteiger partial charge in [0, 0.05) is 11.4 Å². The third-order valence-electron chi connectivity index (χ3n) is 3.25. The Morgan fingerprint density at radius 1 is 1.39 bits per heavy atom. The van der Waals surface area contributed by atoms with Crippen LogP contribution in [0.2, 0.25) is 0 Å². The van der Waals surface area contributed by atoms with E-state index >= 15 is 0 Å². The Labute approximate surface area is 107 Å². The minimum atomic E-state index is 0.147. The quantitative estimate of drug-likeness (QED) is 0.695. The zero-order chi connectivity index (χ0) is 11.9. The summed E-state index contributed by atoms with van der Waals surface area (Å²) in [5, 5.41) is 5.65. The van der Waals surface area contributed by atoms with Crippen LogP contribution in [0.1, 0.15) is 22.3 Å². The highest BCUT2D eigenvalue weighted by molar-refractivity contribution is 7.10. The zero-order valence-electron chi connectivity index (χ0n) is 9.55. The second-order valence-corrected chi connectivity index (χ2v) is 5.32. The largest absolute Gasteiger partial charge is 0.338 e. The van der Waals surface area contributed by atoms with E-state index < -0.39 is 0 Å². The third kappa shape index (κ3) is 1.46. The number of aromatic nitrogens is 4. The van der Waals surface area contributed by atoms with Gasteiger partial charge in [-0.3, -0.25) is 0 Å². The molecule has 4 rings (SSSR count). The molecule has 1 aliphatic heterocycles. The number of hydrogen-bond acceptors (Lipinski definition) is 5. The normalized spacial score (nSPS) is 19.0. The molecule has 0 fully saturated rings. The van der Waals surface area contributed by atoms with Crippen LogP contribution in [0, 0.1) is 0 Å². The monoisotopic (exact) mass is 257 g/mol. The molecule has 3 aromatic heterocycles. The molecule has 0 aromatic carbocycles. The smallest absolute Gasteiger partial charge is 0.180 e. The topological polar surface area (TPSA) is 66.5 Å². The number of imidazole rings is 1. The van der Waals surface area contributed by atoms with Gasteiger partial charge in [0.05, 0.1) is 12.2 Å². The molecule has 0 saturated heterocycles. The molecule has 18 heavy (non-hydrogen) atoms. The second kappa shape index (κ2) is 3.86. The van der Waals surface area contributed by atoms with Crippen LogP contribution in [0.4, 0.5) is 0 Å². The fraction of sp³-hybridized carbons (Fsp3) is 0.250. The molecular weight excluding hydrogens is 246 g/mol. The second-order valence-electron chi connectivity index (χ2n) is 4.32. The lowest BCUT2D eigenvalue weighted by atomic mass is 10.0. The molecule has 4 heterocycles. The van der Waals surface area contributed by atoms with Gasteiger partial charge < -0.3 is 10.3 Å². The molecule has 1 aliphatic rings. The van der Waals surface area contributed by atoms with Crippen molar-refractivity contribution in [3.63, 3.8) is 0 Å². The SMILES string of the molecule is c1ncc2[nH]c(C3NCCc4sccc43)nc2n1. The molecule has 6 heteroatoms. The van der Waals surface area contributed by atoms with Crippen molar-refractivity contribution in [3.8, 4) is 0 Å². The summed E-state index contributed by atoms with van der Waals surface area (Å²) in [5.41, 5.74) is 2.94. The average Bonchev–Trinajstić information content (AvgIpc) is 3.04. The van der Waals surface area contributed by atoms with Crippen molar-refractivity contribution in [3.05, 3.63) is 40.2 Å². The summed E-state index contributed by atoms with van der Waals surface area (Å²) in [5.74, 6) is 0.921. The first-order chi connectivity index (χ1) is 8.92. The Balaban J connectivity index is 1.84. The third-order valence-corrected chi connectivity index (χ3v) is 4.24. The summed E-state index contributed by atoms with van der Waals surface area (Å²) in [6.45, 7) is 0.987. The molecule has 90 valence electrons. The van der Waals surface area contributed by atoms with E-state index in [0.717, 1.165) is 30.0 Å². The summed E-state index contributed by atoms with van der Waals surface area (Å²) >= 11 is 1.82. The molecule has 2 N–H and O–H groups in total. The van der Waals surface area contributed by atoms with Gasteiger partial charge in [0.1, 0.15) is 17.7 Å². The van der Waals surface area contributed by atoms with Crippen LogP contribution in [0.5, 0.6) is 0 Å². The number of fused-ring (bicyclic) bond motifs is 2. The van der Waals surface area contributed by atoms with Gasteiger partial charge >= 0.3 is 0 Å². The van der Waals surface area contributed by atoms with E-state index in [2.05, 4.69) is 36.7 Å². The van der Waals surface area contributed by atoms with E-state index in [1.54, 1.807) is 6.20 Å². The van der Waals surface area contributed by atoms with Crippen LogP contribution >= 0.6 is 11.3 Å². The standard InChI is InChI=1S/C12H11N5S/c1-3-14-10(7-2-4-18-9(1)7)12-16-8-5-13-6-15-11(8)17-12/h2,4-6,10,14H,1,3H2,(H,13,15,16,17). The van der Waals surface area contributed by atoms with Crippen LogP contribution in [-0.4, -0.2) is 26.5 Å². The Hall–Kier alpha value is -1.79. The molecule has 0 amide bonds. The maximum absolute atomic E-state index is 4.55. The van der Waals surface area contributed by atoms with Crippen molar-refractivity contribution in [2.75, 3.05) is 6.54 Å². The van der Waals surface area contributed by atoms with Crippen molar-refractivity contribution in [2.45, 2.75) is 12.5 Å². The molecule has 0 aliphatic carbocycles. The van der Waals surface area contributed by atoms with Crippen molar-refractivity contribution in [1.82, 2.24) is 25.3 Å². The molecule has 1 unspecified atom stereocenters. The van der Waals surface area contributed by atoms with Gasteiger partial charge in [-0.1, -0.05) is 0 Å². The highest BCUT2D eigenvalue weighted by Gasteiger charge is 2.24. The average molecular weight is 257 g/mol. The number of nitrogens with zero attached hydrogens (tertiary/aromatic N) is 3. The maximum atomic E-state index is 4.55. The number of nitrogens with one attached hydrogen (secondary N) is 2. The molecule has 0 radical (unpaired) electrons. The number of H-pyrrole nitrogens is 1. The Bertz CT molecular complexity index is 668. The lowest BCUT2D eigenvalue weighted by Gasteiger charge is -2.22. The molecule has 0 saturated carbocycles. The van der Waals surface area contributed by atoms with E-state index in [-0.39, 0.29) is 6.04 Å². The Morgan fingerprint density at radius 2 is 2.39 bits per heavy atom. The van der Waals surface area contributed by atoms with E-state index in [9.17, 15) is 0 Å².